The van der Waals surface area contributed by atoms with Crippen LogP contribution in [0.25, 0.3) is 6.08 Å². The fraction of sp³-hybridized carbons (Fsp3) is 0.368. The molecule has 0 saturated heterocycles. The number of carbonyl (C=O) groups excluding carboxylic acids is 1. The highest BCUT2D eigenvalue weighted by molar-refractivity contribution is 6.31. The Hall–Kier alpha value is -2.47. The maximum absolute atomic E-state index is 12.2. The zero-order valence-corrected chi connectivity index (χ0v) is 15.7. The van der Waals surface area contributed by atoms with Crippen LogP contribution < -0.4 is 14.8 Å². The first-order valence-electron chi connectivity index (χ1n) is 8.70. The number of nitrogens with one attached hydrogen (secondary N) is 1. The number of anilines is 1. The number of amides is 1. The number of carbonyl (C=O) groups is 1. The highest BCUT2D eigenvalue weighted by atomic mass is 35.5. The Morgan fingerprint density at radius 2 is 2.12 bits per heavy atom. The number of nitrogens with zero attached hydrogens (tertiary/aromatic N) is 2. The van der Waals surface area contributed by atoms with Gasteiger partial charge in [0.05, 0.1) is 5.69 Å². The quantitative estimate of drug-likeness (QED) is 0.773. The molecule has 0 saturated carbocycles. The molecule has 1 aliphatic heterocycles. The van der Waals surface area contributed by atoms with Gasteiger partial charge in [-0.3, -0.25) is 9.48 Å². The van der Waals surface area contributed by atoms with Gasteiger partial charge in [0.1, 0.15) is 18.4 Å². The first-order valence-corrected chi connectivity index (χ1v) is 9.08. The fourth-order valence-corrected chi connectivity index (χ4v) is 3.00. The number of aromatic nitrogens is 2. The highest BCUT2D eigenvalue weighted by Gasteiger charge is 2.13. The molecular weight excluding hydrogens is 354 g/mol. The normalized spacial score (nSPS) is 13.2. The van der Waals surface area contributed by atoms with E-state index in [4.69, 9.17) is 21.1 Å². The number of benzene rings is 1. The zero-order valence-electron chi connectivity index (χ0n) is 14.9. The molecular formula is C19H22ClN3O3. The van der Waals surface area contributed by atoms with Crippen molar-refractivity contribution in [3.05, 3.63) is 40.7 Å². The molecule has 1 aromatic heterocycles. The van der Waals surface area contributed by atoms with Crippen molar-refractivity contribution >= 4 is 29.3 Å². The molecule has 1 amide bonds. The van der Waals surface area contributed by atoms with Crippen LogP contribution in [0.2, 0.25) is 5.15 Å². The molecule has 1 N–H and O–H groups in total. The SMILES string of the molecule is CCCCn1nc(C)c(/C=C/C(=O)Nc2ccc3c(c2)OCCO3)c1Cl. The molecule has 0 radical (unpaired) electrons. The Morgan fingerprint density at radius 3 is 2.88 bits per heavy atom. The molecule has 2 aromatic rings. The summed E-state index contributed by atoms with van der Waals surface area (Å²) in [5.74, 6) is 1.07. The van der Waals surface area contributed by atoms with Crippen molar-refractivity contribution in [2.75, 3.05) is 18.5 Å². The van der Waals surface area contributed by atoms with E-state index in [2.05, 4.69) is 17.3 Å². The molecule has 7 heteroatoms. The van der Waals surface area contributed by atoms with E-state index >= 15 is 0 Å². The molecule has 0 fully saturated rings. The van der Waals surface area contributed by atoms with Gasteiger partial charge in [0.15, 0.2) is 11.5 Å². The number of unbranched alkanes of at least 4 members (excludes halogenated alkanes) is 1. The molecule has 2 heterocycles. The number of fused-ring (bicyclic) bond motifs is 1. The van der Waals surface area contributed by atoms with Crippen molar-refractivity contribution < 1.29 is 14.3 Å². The molecule has 1 aliphatic rings. The Labute approximate surface area is 157 Å². The van der Waals surface area contributed by atoms with Gasteiger partial charge in [0, 0.05) is 29.9 Å². The maximum Gasteiger partial charge on any atom is 0.248 e. The Bertz CT molecular complexity index is 830. The highest BCUT2D eigenvalue weighted by Crippen LogP contribution is 2.32. The van der Waals surface area contributed by atoms with Crippen LogP contribution in [0.4, 0.5) is 5.69 Å². The van der Waals surface area contributed by atoms with E-state index in [1.807, 2.05) is 6.92 Å². The van der Waals surface area contributed by atoms with Gasteiger partial charge in [-0.1, -0.05) is 24.9 Å². The summed E-state index contributed by atoms with van der Waals surface area (Å²) in [6, 6.07) is 5.31. The van der Waals surface area contributed by atoms with Crippen LogP contribution >= 0.6 is 11.6 Å². The van der Waals surface area contributed by atoms with Crippen LogP contribution in [0.3, 0.4) is 0 Å². The van der Waals surface area contributed by atoms with Crippen LogP contribution in [0.1, 0.15) is 31.0 Å². The molecule has 138 valence electrons. The second kappa shape index (κ2) is 8.27. The van der Waals surface area contributed by atoms with E-state index in [-0.39, 0.29) is 5.91 Å². The van der Waals surface area contributed by atoms with Crippen molar-refractivity contribution in [2.45, 2.75) is 33.2 Å². The minimum absolute atomic E-state index is 0.251. The summed E-state index contributed by atoms with van der Waals surface area (Å²) in [6.07, 6.45) is 5.23. The molecule has 0 unspecified atom stereocenters. The lowest BCUT2D eigenvalue weighted by molar-refractivity contribution is -0.111. The predicted molar refractivity (Wildman–Crippen MR) is 102 cm³/mol. The van der Waals surface area contributed by atoms with Gasteiger partial charge in [-0.25, -0.2) is 0 Å². The first kappa shape index (κ1) is 18.3. The number of rotatable bonds is 6. The van der Waals surface area contributed by atoms with Crippen molar-refractivity contribution in [3.8, 4) is 11.5 Å². The molecule has 0 atom stereocenters. The maximum atomic E-state index is 12.2. The van der Waals surface area contributed by atoms with Gasteiger partial charge in [-0.15, -0.1) is 0 Å². The molecule has 6 nitrogen and oxygen atoms in total. The summed E-state index contributed by atoms with van der Waals surface area (Å²) in [5, 5.41) is 7.79. The smallest absolute Gasteiger partial charge is 0.248 e. The summed E-state index contributed by atoms with van der Waals surface area (Å²) in [6.45, 7) is 5.81. The summed E-state index contributed by atoms with van der Waals surface area (Å²) in [7, 11) is 0. The number of hydrogen-bond acceptors (Lipinski definition) is 4. The molecule has 3 rings (SSSR count). The monoisotopic (exact) mass is 375 g/mol. The number of aryl methyl sites for hydroxylation is 2. The summed E-state index contributed by atoms with van der Waals surface area (Å²) >= 11 is 6.38. The predicted octanol–water partition coefficient (Wildman–Crippen LogP) is 4.07. The largest absolute Gasteiger partial charge is 0.486 e. The van der Waals surface area contributed by atoms with Crippen molar-refractivity contribution in [3.63, 3.8) is 0 Å². The van der Waals surface area contributed by atoms with Crippen molar-refractivity contribution in [1.82, 2.24) is 9.78 Å². The van der Waals surface area contributed by atoms with Gasteiger partial charge in [0.2, 0.25) is 5.91 Å². The van der Waals surface area contributed by atoms with Crippen LogP contribution in [0.15, 0.2) is 24.3 Å². The van der Waals surface area contributed by atoms with Crippen LogP contribution in [0, 0.1) is 6.92 Å². The number of ether oxygens (including phenoxy) is 2. The zero-order chi connectivity index (χ0) is 18.5. The Kier molecular flexibility index (Phi) is 5.83. The molecule has 0 spiro atoms. The fourth-order valence-electron chi connectivity index (χ4n) is 2.68. The Balaban J connectivity index is 1.67. The average molecular weight is 376 g/mol. The third kappa shape index (κ3) is 4.19. The van der Waals surface area contributed by atoms with E-state index in [9.17, 15) is 4.79 Å². The third-order valence-electron chi connectivity index (χ3n) is 4.04. The van der Waals surface area contributed by atoms with Crippen LogP contribution in [-0.4, -0.2) is 28.9 Å². The second-order valence-electron chi connectivity index (χ2n) is 6.05. The van der Waals surface area contributed by atoms with Gasteiger partial charge in [-0.05, 0) is 31.6 Å². The topological polar surface area (TPSA) is 65.4 Å². The van der Waals surface area contributed by atoms with Crippen molar-refractivity contribution in [2.24, 2.45) is 0 Å². The van der Waals surface area contributed by atoms with Crippen LogP contribution in [0.5, 0.6) is 11.5 Å². The second-order valence-corrected chi connectivity index (χ2v) is 6.41. The van der Waals surface area contributed by atoms with Gasteiger partial charge < -0.3 is 14.8 Å². The molecule has 1 aromatic carbocycles. The third-order valence-corrected chi connectivity index (χ3v) is 4.44. The number of hydrogen-bond donors (Lipinski definition) is 1. The number of halogens is 1. The van der Waals surface area contributed by atoms with E-state index < -0.39 is 0 Å². The van der Waals surface area contributed by atoms with Crippen molar-refractivity contribution in [1.29, 1.82) is 0 Å². The molecule has 0 bridgehead atoms. The minimum atomic E-state index is -0.251. The summed E-state index contributed by atoms with van der Waals surface area (Å²) in [4.78, 5) is 12.2. The van der Waals surface area contributed by atoms with E-state index in [1.54, 1.807) is 29.0 Å². The van der Waals surface area contributed by atoms with E-state index in [0.717, 1.165) is 30.6 Å². The summed E-state index contributed by atoms with van der Waals surface area (Å²) < 4.78 is 12.8. The van der Waals surface area contributed by atoms with Gasteiger partial charge in [-0.2, -0.15) is 5.10 Å². The standard InChI is InChI=1S/C19H22ClN3O3/c1-3-4-9-23-19(20)15(13(2)22-23)6-8-18(24)21-14-5-7-16-17(12-14)26-11-10-25-16/h5-8,12H,3-4,9-11H2,1-2H3,(H,21,24)/b8-6+. The lowest BCUT2D eigenvalue weighted by Gasteiger charge is -2.18. The van der Waals surface area contributed by atoms with E-state index in [1.165, 1.54) is 6.08 Å². The minimum Gasteiger partial charge on any atom is -0.486 e. The van der Waals surface area contributed by atoms with E-state index in [0.29, 0.717) is 35.6 Å². The molecule has 0 aliphatic carbocycles. The average Bonchev–Trinajstić information content (AvgIpc) is 2.91. The summed E-state index contributed by atoms with van der Waals surface area (Å²) in [5.41, 5.74) is 2.21. The van der Waals surface area contributed by atoms with Gasteiger partial charge >= 0.3 is 0 Å². The lowest BCUT2D eigenvalue weighted by atomic mass is 10.2. The van der Waals surface area contributed by atoms with Crippen LogP contribution in [-0.2, 0) is 11.3 Å². The first-order chi connectivity index (χ1) is 12.6. The van der Waals surface area contributed by atoms with Gasteiger partial charge in [0.25, 0.3) is 0 Å². The lowest BCUT2D eigenvalue weighted by Crippen LogP contribution is -2.16. The Morgan fingerprint density at radius 1 is 1.35 bits per heavy atom. The molecule has 26 heavy (non-hydrogen) atoms.